The molecule has 15 heavy (non-hydrogen) atoms. The number of rotatable bonds is 2. The molecule has 0 aromatic carbocycles. The lowest BCUT2D eigenvalue weighted by Gasteiger charge is -2.18. The molecular formula is C9H11NO2S3. The Morgan fingerprint density at radius 3 is 2.87 bits per heavy atom. The van der Waals surface area contributed by atoms with Crippen LogP contribution in [0.2, 0.25) is 0 Å². The summed E-state index contributed by atoms with van der Waals surface area (Å²) in [6, 6.07) is 0. The minimum absolute atomic E-state index is 0.228. The number of carboxylic acid groups (broad SMARTS) is 1. The topological polar surface area (TPSA) is 50.2 Å². The Morgan fingerprint density at radius 2 is 2.33 bits per heavy atom. The summed E-state index contributed by atoms with van der Waals surface area (Å²) < 4.78 is 0. The Morgan fingerprint density at radius 1 is 1.53 bits per heavy atom. The molecular weight excluding hydrogens is 250 g/mol. The second-order valence-electron chi connectivity index (χ2n) is 3.20. The number of hydrogen-bond donors (Lipinski definition) is 1. The van der Waals surface area contributed by atoms with Gasteiger partial charge in [0.05, 0.1) is 5.25 Å². The predicted octanol–water partition coefficient (Wildman–Crippen LogP) is 2.67. The standard InChI is InChI=1S/C9H11NO2S3/c1-5-7(9(11)12)10-8(15-5)6-4-13-2-3-14-6/h6H,2-4H2,1H3,(H,11,12). The highest BCUT2D eigenvalue weighted by atomic mass is 32.2. The molecule has 0 saturated carbocycles. The molecule has 3 nitrogen and oxygen atoms in total. The van der Waals surface area contributed by atoms with E-state index in [1.54, 1.807) is 0 Å². The first-order valence-electron chi connectivity index (χ1n) is 4.58. The van der Waals surface area contributed by atoms with Gasteiger partial charge in [-0.1, -0.05) is 0 Å². The van der Waals surface area contributed by atoms with E-state index in [1.807, 2.05) is 30.4 Å². The zero-order valence-electron chi connectivity index (χ0n) is 8.23. The molecule has 1 aromatic rings. The Bertz CT molecular complexity index is 371. The van der Waals surface area contributed by atoms with Gasteiger partial charge < -0.3 is 5.11 Å². The van der Waals surface area contributed by atoms with Gasteiger partial charge in [0.2, 0.25) is 0 Å². The van der Waals surface area contributed by atoms with Crippen LogP contribution in [0.5, 0.6) is 0 Å². The van der Waals surface area contributed by atoms with E-state index in [2.05, 4.69) is 4.98 Å². The van der Waals surface area contributed by atoms with Gasteiger partial charge in [0, 0.05) is 22.1 Å². The first-order chi connectivity index (χ1) is 7.18. The summed E-state index contributed by atoms with van der Waals surface area (Å²) in [5.41, 5.74) is 0.228. The molecule has 2 heterocycles. The summed E-state index contributed by atoms with van der Waals surface area (Å²) >= 11 is 5.33. The maximum Gasteiger partial charge on any atom is 0.355 e. The summed E-state index contributed by atoms with van der Waals surface area (Å²) in [5.74, 6) is 2.47. The SMILES string of the molecule is Cc1sc(C2CSCCS2)nc1C(=O)O. The van der Waals surface area contributed by atoms with Crippen molar-refractivity contribution in [3.05, 3.63) is 15.6 Å². The van der Waals surface area contributed by atoms with Crippen LogP contribution in [0.4, 0.5) is 0 Å². The van der Waals surface area contributed by atoms with Crippen LogP contribution in [-0.2, 0) is 0 Å². The number of hydrogen-bond acceptors (Lipinski definition) is 5. The monoisotopic (exact) mass is 261 g/mol. The third-order valence-electron chi connectivity index (χ3n) is 2.11. The molecule has 1 atom stereocenters. The van der Waals surface area contributed by atoms with Crippen LogP contribution in [0.1, 0.15) is 25.6 Å². The maximum atomic E-state index is 10.9. The third-order valence-corrected chi connectivity index (χ3v) is 6.10. The molecule has 82 valence electrons. The molecule has 0 spiro atoms. The fourth-order valence-electron chi connectivity index (χ4n) is 1.38. The minimum atomic E-state index is -0.913. The average Bonchev–Trinajstić information content (AvgIpc) is 2.62. The zero-order valence-corrected chi connectivity index (χ0v) is 10.7. The summed E-state index contributed by atoms with van der Waals surface area (Å²) in [4.78, 5) is 15.9. The number of aromatic nitrogens is 1. The fraction of sp³-hybridized carbons (Fsp3) is 0.556. The summed E-state index contributed by atoms with van der Waals surface area (Å²) in [7, 11) is 0. The molecule has 2 rings (SSSR count). The summed E-state index contributed by atoms with van der Waals surface area (Å²) in [6.45, 7) is 1.82. The molecule has 0 aliphatic carbocycles. The molecule has 1 fully saturated rings. The predicted molar refractivity (Wildman–Crippen MR) is 66.3 cm³/mol. The molecule has 0 bridgehead atoms. The molecule has 1 unspecified atom stereocenters. The van der Waals surface area contributed by atoms with E-state index < -0.39 is 5.97 Å². The van der Waals surface area contributed by atoms with E-state index in [-0.39, 0.29) is 5.69 Å². The highest BCUT2D eigenvalue weighted by molar-refractivity contribution is 8.06. The van der Waals surface area contributed by atoms with E-state index in [0.29, 0.717) is 5.25 Å². The Balaban J connectivity index is 2.21. The molecule has 1 N–H and O–H groups in total. The van der Waals surface area contributed by atoms with Gasteiger partial charge in [-0.3, -0.25) is 0 Å². The van der Waals surface area contributed by atoms with Crippen molar-refractivity contribution in [1.29, 1.82) is 0 Å². The van der Waals surface area contributed by atoms with Gasteiger partial charge in [0.1, 0.15) is 5.01 Å². The van der Waals surface area contributed by atoms with Crippen molar-refractivity contribution in [3.63, 3.8) is 0 Å². The van der Waals surface area contributed by atoms with Crippen molar-refractivity contribution in [2.24, 2.45) is 0 Å². The first kappa shape index (κ1) is 11.3. The van der Waals surface area contributed by atoms with Crippen LogP contribution >= 0.6 is 34.9 Å². The molecule has 1 aliphatic heterocycles. The Labute approximate surface area is 101 Å². The maximum absolute atomic E-state index is 10.9. The normalized spacial score (nSPS) is 21.5. The van der Waals surface area contributed by atoms with Crippen LogP contribution in [0.15, 0.2) is 0 Å². The van der Waals surface area contributed by atoms with Crippen molar-refractivity contribution < 1.29 is 9.90 Å². The van der Waals surface area contributed by atoms with E-state index >= 15 is 0 Å². The summed E-state index contributed by atoms with van der Waals surface area (Å²) in [6.07, 6.45) is 0. The number of aryl methyl sites for hydroxylation is 1. The van der Waals surface area contributed by atoms with Crippen molar-refractivity contribution in [1.82, 2.24) is 4.98 Å². The van der Waals surface area contributed by atoms with Gasteiger partial charge in [0.25, 0.3) is 0 Å². The number of aromatic carboxylic acids is 1. The molecule has 0 radical (unpaired) electrons. The van der Waals surface area contributed by atoms with Crippen LogP contribution in [0.3, 0.4) is 0 Å². The first-order valence-corrected chi connectivity index (χ1v) is 7.60. The number of thioether (sulfide) groups is 2. The van der Waals surface area contributed by atoms with Crippen molar-refractivity contribution in [2.75, 3.05) is 17.3 Å². The average molecular weight is 261 g/mol. The van der Waals surface area contributed by atoms with Crippen LogP contribution in [0.25, 0.3) is 0 Å². The van der Waals surface area contributed by atoms with Crippen molar-refractivity contribution in [2.45, 2.75) is 12.2 Å². The minimum Gasteiger partial charge on any atom is -0.476 e. The molecule has 1 aliphatic rings. The van der Waals surface area contributed by atoms with Crippen molar-refractivity contribution in [3.8, 4) is 0 Å². The number of thiazole rings is 1. The number of nitrogens with zero attached hydrogens (tertiary/aromatic N) is 1. The van der Waals surface area contributed by atoms with Gasteiger partial charge in [0.15, 0.2) is 5.69 Å². The fourth-order valence-corrected chi connectivity index (χ4v) is 5.28. The van der Waals surface area contributed by atoms with Gasteiger partial charge in [-0.25, -0.2) is 9.78 Å². The summed E-state index contributed by atoms with van der Waals surface area (Å²) in [5, 5.41) is 10.3. The molecule has 1 aromatic heterocycles. The Hall–Kier alpha value is -0.200. The van der Waals surface area contributed by atoms with Crippen LogP contribution in [-0.4, -0.2) is 33.3 Å². The van der Waals surface area contributed by atoms with Crippen LogP contribution in [0, 0.1) is 6.92 Å². The highest BCUT2D eigenvalue weighted by Crippen LogP contribution is 2.39. The van der Waals surface area contributed by atoms with E-state index in [1.165, 1.54) is 17.1 Å². The lowest BCUT2D eigenvalue weighted by molar-refractivity contribution is 0.0690. The van der Waals surface area contributed by atoms with Gasteiger partial charge in [-0.2, -0.15) is 11.8 Å². The van der Waals surface area contributed by atoms with Gasteiger partial charge in [-0.15, -0.1) is 23.1 Å². The zero-order chi connectivity index (χ0) is 10.8. The lowest BCUT2D eigenvalue weighted by Crippen LogP contribution is -2.07. The number of carboxylic acids is 1. The van der Waals surface area contributed by atoms with E-state index in [0.717, 1.165) is 21.4 Å². The number of carbonyl (C=O) groups is 1. The molecule has 0 amide bonds. The lowest BCUT2D eigenvalue weighted by atomic mass is 10.4. The third kappa shape index (κ3) is 2.49. The van der Waals surface area contributed by atoms with E-state index in [4.69, 9.17) is 5.11 Å². The second kappa shape index (κ2) is 4.76. The second-order valence-corrected chi connectivity index (χ2v) is 6.89. The van der Waals surface area contributed by atoms with Crippen LogP contribution < -0.4 is 0 Å². The largest absolute Gasteiger partial charge is 0.476 e. The quantitative estimate of drug-likeness (QED) is 0.887. The van der Waals surface area contributed by atoms with E-state index in [9.17, 15) is 4.79 Å². The highest BCUT2D eigenvalue weighted by Gasteiger charge is 2.23. The Kier molecular flexibility index (Phi) is 3.58. The smallest absolute Gasteiger partial charge is 0.355 e. The molecule has 1 saturated heterocycles. The van der Waals surface area contributed by atoms with Gasteiger partial charge >= 0.3 is 5.97 Å². The molecule has 6 heteroatoms. The van der Waals surface area contributed by atoms with Gasteiger partial charge in [-0.05, 0) is 6.92 Å². The van der Waals surface area contributed by atoms with Crippen molar-refractivity contribution >= 4 is 40.8 Å².